The summed E-state index contributed by atoms with van der Waals surface area (Å²) in [5.41, 5.74) is 7.55. The number of hydrogen-bond acceptors (Lipinski definition) is 3. The van der Waals surface area contributed by atoms with Crippen LogP contribution in [0, 0.1) is 0 Å². The van der Waals surface area contributed by atoms with Crippen molar-refractivity contribution in [3.8, 4) is 0 Å². The third-order valence-corrected chi connectivity index (χ3v) is 2.35. The average Bonchev–Trinajstić information content (AvgIpc) is 2.16. The van der Waals surface area contributed by atoms with E-state index in [0.717, 1.165) is 15.7 Å². The first-order chi connectivity index (χ1) is 6.27. The Hall–Kier alpha value is -0.580. The number of hydrogen-bond donors (Lipinski definition) is 3. The minimum absolute atomic E-state index is 0.130. The Kier molecular flexibility index (Phi) is 4.21. The monoisotopic (exact) mass is 244 g/mol. The fourth-order valence-electron chi connectivity index (χ4n) is 1.02. The van der Waals surface area contributed by atoms with Crippen LogP contribution >= 0.6 is 15.9 Å². The largest absolute Gasteiger partial charge is 0.395 e. The molecule has 0 saturated carbocycles. The van der Waals surface area contributed by atoms with Gasteiger partial charge in [-0.3, -0.25) is 0 Å². The third-order valence-electron chi connectivity index (χ3n) is 1.70. The van der Waals surface area contributed by atoms with Gasteiger partial charge in [-0.05, 0) is 33.6 Å². The third kappa shape index (κ3) is 2.99. The molecule has 4 heteroatoms. The minimum Gasteiger partial charge on any atom is -0.395 e. The second-order valence-corrected chi connectivity index (χ2v) is 3.52. The van der Waals surface area contributed by atoms with Crippen molar-refractivity contribution in [1.82, 2.24) is 0 Å². The Morgan fingerprint density at radius 3 is 2.77 bits per heavy atom. The molecule has 1 rings (SSSR count). The summed E-state index contributed by atoms with van der Waals surface area (Å²) in [5.74, 6) is 0. The molecule has 3 nitrogen and oxygen atoms in total. The zero-order valence-corrected chi connectivity index (χ0v) is 8.84. The number of nitrogens with two attached hydrogens (primary N) is 1. The molecular weight excluding hydrogens is 232 g/mol. The molecule has 0 amide bonds. The Balaban J connectivity index is 2.73. The maximum absolute atomic E-state index is 8.62. The maximum atomic E-state index is 8.62. The fourth-order valence-corrected chi connectivity index (χ4v) is 1.59. The van der Waals surface area contributed by atoms with Crippen LogP contribution in [0.3, 0.4) is 0 Å². The van der Waals surface area contributed by atoms with Gasteiger partial charge in [-0.25, -0.2) is 0 Å². The standard InChI is InChI=1S/C9H13BrN2O/c10-8-5-7(6-11)1-2-9(8)12-3-4-13/h1-2,5,12-13H,3-4,6,11H2. The molecule has 1 aromatic rings. The summed E-state index contributed by atoms with van der Waals surface area (Å²) in [5, 5.41) is 11.7. The lowest BCUT2D eigenvalue weighted by Crippen LogP contribution is -2.06. The lowest BCUT2D eigenvalue weighted by Gasteiger charge is -2.07. The normalized spacial score (nSPS) is 10.1. The lowest BCUT2D eigenvalue weighted by atomic mass is 10.2. The average molecular weight is 245 g/mol. The number of halogens is 1. The minimum atomic E-state index is 0.130. The number of rotatable bonds is 4. The van der Waals surface area contributed by atoms with Gasteiger partial charge in [0.25, 0.3) is 0 Å². The van der Waals surface area contributed by atoms with E-state index in [4.69, 9.17) is 10.8 Å². The molecule has 1 aromatic carbocycles. The molecule has 0 aliphatic heterocycles. The lowest BCUT2D eigenvalue weighted by molar-refractivity contribution is 0.311. The van der Waals surface area contributed by atoms with E-state index in [9.17, 15) is 0 Å². The van der Waals surface area contributed by atoms with Crippen LogP contribution in [0.25, 0.3) is 0 Å². The highest BCUT2D eigenvalue weighted by atomic mass is 79.9. The van der Waals surface area contributed by atoms with E-state index in [1.165, 1.54) is 0 Å². The number of benzene rings is 1. The molecular formula is C9H13BrN2O. The molecule has 0 radical (unpaired) electrons. The first-order valence-electron chi connectivity index (χ1n) is 4.11. The van der Waals surface area contributed by atoms with Crippen molar-refractivity contribution in [1.29, 1.82) is 0 Å². The van der Waals surface area contributed by atoms with Crippen molar-refractivity contribution in [2.75, 3.05) is 18.5 Å². The zero-order chi connectivity index (χ0) is 9.68. The van der Waals surface area contributed by atoms with Crippen molar-refractivity contribution >= 4 is 21.6 Å². The van der Waals surface area contributed by atoms with Gasteiger partial charge in [-0.1, -0.05) is 6.07 Å². The molecule has 72 valence electrons. The van der Waals surface area contributed by atoms with Gasteiger partial charge >= 0.3 is 0 Å². The van der Waals surface area contributed by atoms with Gasteiger partial charge in [0.05, 0.1) is 6.61 Å². The summed E-state index contributed by atoms with van der Waals surface area (Å²) in [4.78, 5) is 0. The molecule has 0 fully saturated rings. The molecule has 0 saturated heterocycles. The Bertz CT molecular complexity index is 278. The predicted molar refractivity (Wildman–Crippen MR) is 57.6 cm³/mol. The molecule has 0 aliphatic rings. The predicted octanol–water partition coefficient (Wildman–Crippen LogP) is 1.31. The van der Waals surface area contributed by atoms with E-state index >= 15 is 0 Å². The van der Waals surface area contributed by atoms with Crippen molar-refractivity contribution in [2.24, 2.45) is 5.73 Å². The molecule has 4 N–H and O–H groups in total. The highest BCUT2D eigenvalue weighted by Gasteiger charge is 1.99. The molecule has 0 bridgehead atoms. The number of aliphatic hydroxyl groups excluding tert-OH is 1. The van der Waals surface area contributed by atoms with Crippen LogP contribution in [0.1, 0.15) is 5.56 Å². The second-order valence-electron chi connectivity index (χ2n) is 2.67. The maximum Gasteiger partial charge on any atom is 0.0604 e. The molecule has 0 unspecified atom stereocenters. The molecule has 0 aromatic heterocycles. The molecule has 0 atom stereocenters. The van der Waals surface area contributed by atoms with Crippen molar-refractivity contribution < 1.29 is 5.11 Å². The van der Waals surface area contributed by atoms with Crippen LogP contribution in [0.5, 0.6) is 0 Å². The first kappa shape index (κ1) is 10.5. The van der Waals surface area contributed by atoms with E-state index in [1.807, 2.05) is 18.2 Å². The van der Waals surface area contributed by atoms with Crippen molar-refractivity contribution in [2.45, 2.75) is 6.54 Å². The smallest absolute Gasteiger partial charge is 0.0604 e. The summed E-state index contributed by atoms with van der Waals surface area (Å²) in [6.07, 6.45) is 0. The van der Waals surface area contributed by atoms with E-state index in [1.54, 1.807) is 0 Å². The fraction of sp³-hybridized carbons (Fsp3) is 0.333. The highest BCUT2D eigenvalue weighted by Crippen LogP contribution is 2.23. The summed E-state index contributed by atoms with van der Waals surface area (Å²) in [6.45, 7) is 1.23. The van der Waals surface area contributed by atoms with Gasteiger partial charge in [0, 0.05) is 23.2 Å². The first-order valence-corrected chi connectivity index (χ1v) is 4.90. The summed E-state index contributed by atoms with van der Waals surface area (Å²) in [7, 11) is 0. The molecule has 0 spiro atoms. The van der Waals surface area contributed by atoms with Crippen molar-refractivity contribution in [3.63, 3.8) is 0 Å². The zero-order valence-electron chi connectivity index (χ0n) is 7.26. The van der Waals surface area contributed by atoms with E-state index < -0.39 is 0 Å². The summed E-state index contributed by atoms with van der Waals surface area (Å²) >= 11 is 3.42. The van der Waals surface area contributed by atoms with Gasteiger partial charge in [0.15, 0.2) is 0 Å². The molecule has 0 aliphatic carbocycles. The highest BCUT2D eigenvalue weighted by molar-refractivity contribution is 9.10. The summed E-state index contributed by atoms with van der Waals surface area (Å²) in [6, 6.07) is 5.88. The topological polar surface area (TPSA) is 58.3 Å². The van der Waals surface area contributed by atoms with Crippen LogP contribution in [-0.4, -0.2) is 18.3 Å². The molecule has 13 heavy (non-hydrogen) atoms. The number of nitrogens with one attached hydrogen (secondary N) is 1. The number of aliphatic hydroxyl groups is 1. The Morgan fingerprint density at radius 2 is 2.23 bits per heavy atom. The molecule has 0 heterocycles. The van der Waals surface area contributed by atoms with Gasteiger partial charge < -0.3 is 16.2 Å². The van der Waals surface area contributed by atoms with Crippen LogP contribution in [-0.2, 0) is 6.54 Å². The van der Waals surface area contributed by atoms with Gasteiger partial charge in [-0.2, -0.15) is 0 Å². The van der Waals surface area contributed by atoms with Crippen molar-refractivity contribution in [3.05, 3.63) is 28.2 Å². The van der Waals surface area contributed by atoms with Gasteiger partial charge in [0.1, 0.15) is 0 Å². The van der Waals surface area contributed by atoms with Crippen LogP contribution in [0.2, 0.25) is 0 Å². The Morgan fingerprint density at radius 1 is 1.46 bits per heavy atom. The van der Waals surface area contributed by atoms with E-state index in [2.05, 4.69) is 21.2 Å². The SMILES string of the molecule is NCc1ccc(NCCO)c(Br)c1. The van der Waals surface area contributed by atoms with Crippen LogP contribution < -0.4 is 11.1 Å². The summed E-state index contributed by atoms with van der Waals surface area (Å²) < 4.78 is 0.976. The number of anilines is 1. The second kappa shape index (κ2) is 5.21. The van der Waals surface area contributed by atoms with Crippen LogP contribution in [0.15, 0.2) is 22.7 Å². The van der Waals surface area contributed by atoms with Gasteiger partial charge in [0.2, 0.25) is 0 Å². The van der Waals surface area contributed by atoms with Gasteiger partial charge in [-0.15, -0.1) is 0 Å². The van der Waals surface area contributed by atoms with E-state index in [-0.39, 0.29) is 6.61 Å². The van der Waals surface area contributed by atoms with Crippen LogP contribution in [0.4, 0.5) is 5.69 Å². The quantitative estimate of drug-likeness (QED) is 0.749. The van der Waals surface area contributed by atoms with E-state index in [0.29, 0.717) is 13.1 Å². The Labute approximate surface area is 86.1 Å².